The number of thiocarbonyl (C=S) groups is 1. The zero-order valence-corrected chi connectivity index (χ0v) is 21.0. The SMILES string of the molecule is CC1CCCCN1c1nc2ccccn2c(=O)c1C=C1SC(=S)N(Cc2ccccc2Cl)C1=O. The molecule has 1 aromatic carbocycles. The Labute approximate surface area is 212 Å². The lowest BCUT2D eigenvalue weighted by atomic mass is 10.0. The van der Waals surface area contributed by atoms with Gasteiger partial charge in [-0.05, 0) is 56.0 Å². The number of anilines is 1. The van der Waals surface area contributed by atoms with E-state index in [1.165, 1.54) is 21.1 Å². The van der Waals surface area contributed by atoms with Crippen LogP contribution in [0.25, 0.3) is 11.7 Å². The lowest BCUT2D eigenvalue weighted by Crippen LogP contribution is -2.40. The normalized spacial score (nSPS) is 20.1. The number of hydrogen-bond acceptors (Lipinski definition) is 6. The van der Waals surface area contributed by atoms with Gasteiger partial charge in [0.1, 0.15) is 15.8 Å². The molecule has 34 heavy (non-hydrogen) atoms. The van der Waals surface area contributed by atoms with Crippen LogP contribution in [-0.4, -0.2) is 37.1 Å². The van der Waals surface area contributed by atoms with Crippen molar-refractivity contribution >= 4 is 63.3 Å². The Bertz CT molecular complexity index is 1390. The molecule has 3 aromatic rings. The van der Waals surface area contributed by atoms with Crippen molar-refractivity contribution in [1.29, 1.82) is 0 Å². The first-order valence-corrected chi connectivity index (χ1v) is 12.8. The van der Waals surface area contributed by atoms with Crippen molar-refractivity contribution in [2.75, 3.05) is 11.4 Å². The third-order valence-corrected chi connectivity index (χ3v) is 8.01. The van der Waals surface area contributed by atoms with E-state index in [2.05, 4.69) is 11.8 Å². The van der Waals surface area contributed by atoms with E-state index in [4.69, 9.17) is 28.8 Å². The van der Waals surface area contributed by atoms with Crippen molar-refractivity contribution in [3.8, 4) is 0 Å². The number of hydrogen-bond donors (Lipinski definition) is 0. The lowest BCUT2D eigenvalue weighted by molar-refractivity contribution is -0.122. The fourth-order valence-corrected chi connectivity index (χ4v) is 5.85. The minimum atomic E-state index is -0.231. The standard InChI is InChI=1S/C25H23ClN4O2S2/c1-16-8-4-6-12-28(16)22-18(23(31)29-13-7-5-11-21(29)27-22)14-20-24(32)30(25(33)34-20)15-17-9-2-3-10-19(17)26/h2-3,5,7,9-11,13-14,16H,4,6,8,12,15H2,1H3. The summed E-state index contributed by atoms with van der Waals surface area (Å²) in [6.07, 6.45) is 6.60. The van der Waals surface area contributed by atoms with Crippen molar-refractivity contribution < 1.29 is 4.79 Å². The Kier molecular flexibility index (Phi) is 6.46. The molecule has 2 aromatic heterocycles. The van der Waals surface area contributed by atoms with Crippen LogP contribution in [0.3, 0.4) is 0 Å². The van der Waals surface area contributed by atoms with Gasteiger partial charge in [-0.3, -0.25) is 18.9 Å². The van der Waals surface area contributed by atoms with E-state index in [-0.39, 0.29) is 24.1 Å². The predicted octanol–water partition coefficient (Wildman–Crippen LogP) is 5.13. The highest BCUT2D eigenvalue weighted by Gasteiger charge is 2.34. The summed E-state index contributed by atoms with van der Waals surface area (Å²) in [6, 6.07) is 13.1. The zero-order valence-electron chi connectivity index (χ0n) is 18.6. The topological polar surface area (TPSA) is 57.9 Å². The van der Waals surface area contributed by atoms with Crippen molar-refractivity contribution in [3.05, 3.63) is 80.1 Å². The van der Waals surface area contributed by atoms with Gasteiger partial charge in [0.25, 0.3) is 11.5 Å². The second-order valence-electron chi connectivity index (χ2n) is 8.48. The summed E-state index contributed by atoms with van der Waals surface area (Å²) in [5, 5.41) is 0.582. The van der Waals surface area contributed by atoms with Gasteiger partial charge in [-0.1, -0.05) is 59.8 Å². The Morgan fingerprint density at radius 3 is 2.76 bits per heavy atom. The fourth-order valence-electron chi connectivity index (χ4n) is 4.41. The van der Waals surface area contributed by atoms with Crippen molar-refractivity contribution in [3.63, 3.8) is 0 Å². The molecule has 2 aliphatic heterocycles. The molecule has 0 saturated carbocycles. The number of piperidine rings is 1. The molecule has 2 saturated heterocycles. The van der Waals surface area contributed by atoms with Crippen LogP contribution >= 0.6 is 35.6 Å². The number of nitrogens with zero attached hydrogens (tertiary/aromatic N) is 4. The summed E-state index contributed by atoms with van der Waals surface area (Å²) in [7, 11) is 0. The minimum Gasteiger partial charge on any atom is -0.353 e. The van der Waals surface area contributed by atoms with Crippen LogP contribution in [0, 0.1) is 0 Å². The number of thioether (sulfide) groups is 1. The first-order chi connectivity index (χ1) is 16.4. The number of rotatable bonds is 4. The lowest BCUT2D eigenvalue weighted by Gasteiger charge is -2.35. The molecule has 1 amide bonds. The monoisotopic (exact) mass is 510 g/mol. The van der Waals surface area contributed by atoms with E-state index >= 15 is 0 Å². The van der Waals surface area contributed by atoms with Gasteiger partial charge < -0.3 is 4.90 Å². The third-order valence-electron chi connectivity index (χ3n) is 6.26. The van der Waals surface area contributed by atoms with Gasteiger partial charge in [-0.2, -0.15) is 0 Å². The summed E-state index contributed by atoms with van der Waals surface area (Å²) in [4.78, 5) is 35.9. The molecule has 2 fully saturated rings. The number of aromatic nitrogens is 2. The molecule has 0 radical (unpaired) electrons. The third kappa shape index (κ3) is 4.26. The molecule has 6 nitrogen and oxygen atoms in total. The van der Waals surface area contributed by atoms with E-state index in [0.717, 1.165) is 31.4 Å². The van der Waals surface area contributed by atoms with E-state index in [9.17, 15) is 9.59 Å². The number of fused-ring (bicyclic) bond motifs is 1. The highest BCUT2D eigenvalue weighted by atomic mass is 35.5. The number of carbonyl (C=O) groups is 1. The summed E-state index contributed by atoms with van der Waals surface area (Å²) >= 11 is 13.0. The second-order valence-corrected chi connectivity index (χ2v) is 10.6. The molecule has 2 aliphatic rings. The van der Waals surface area contributed by atoms with Gasteiger partial charge >= 0.3 is 0 Å². The molecule has 1 atom stereocenters. The van der Waals surface area contributed by atoms with E-state index in [1.807, 2.05) is 30.3 Å². The van der Waals surface area contributed by atoms with Gasteiger partial charge in [-0.25, -0.2) is 4.98 Å². The van der Waals surface area contributed by atoms with E-state index in [1.54, 1.807) is 24.4 Å². The molecule has 0 bridgehead atoms. The Morgan fingerprint density at radius 1 is 1.18 bits per heavy atom. The highest BCUT2D eigenvalue weighted by Crippen LogP contribution is 2.36. The highest BCUT2D eigenvalue weighted by molar-refractivity contribution is 8.26. The van der Waals surface area contributed by atoms with E-state index in [0.29, 0.717) is 31.3 Å². The number of amides is 1. The quantitative estimate of drug-likeness (QED) is 0.358. The molecular formula is C25H23ClN4O2S2. The summed E-state index contributed by atoms with van der Waals surface area (Å²) in [5.41, 5.74) is 1.62. The average molecular weight is 511 g/mol. The van der Waals surface area contributed by atoms with Gasteiger partial charge in [0.2, 0.25) is 0 Å². The number of benzene rings is 1. The molecule has 4 heterocycles. The number of halogens is 1. The van der Waals surface area contributed by atoms with Gasteiger partial charge in [0.05, 0.1) is 17.0 Å². The smallest absolute Gasteiger partial charge is 0.267 e. The molecule has 1 unspecified atom stereocenters. The summed E-state index contributed by atoms with van der Waals surface area (Å²) in [6.45, 7) is 3.26. The van der Waals surface area contributed by atoms with Crippen molar-refractivity contribution in [1.82, 2.24) is 14.3 Å². The maximum Gasteiger partial charge on any atom is 0.267 e. The molecule has 9 heteroatoms. The summed E-state index contributed by atoms with van der Waals surface area (Å²) in [5.74, 6) is 0.393. The van der Waals surface area contributed by atoms with Gasteiger partial charge in [0, 0.05) is 23.8 Å². The number of pyridine rings is 1. The van der Waals surface area contributed by atoms with Crippen LogP contribution in [0.5, 0.6) is 0 Å². The maximum atomic E-state index is 13.6. The van der Waals surface area contributed by atoms with Gasteiger partial charge in [-0.15, -0.1) is 0 Å². The Hall–Kier alpha value is -2.68. The molecular weight excluding hydrogens is 488 g/mol. The first-order valence-electron chi connectivity index (χ1n) is 11.2. The van der Waals surface area contributed by atoms with E-state index < -0.39 is 0 Å². The first kappa shape index (κ1) is 23.1. The molecule has 0 N–H and O–H groups in total. The molecule has 5 rings (SSSR count). The predicted molar refractivity (Wildman–Crippen MR) is 142 cm³/mol. The van der Waals surface area contributed by atoms with Crippen LogP contribution in [0.15, 0.2) is 58.4 Å². The van der Waals surface area contributed by atoms with Crippen molar-refractivity contribution in [2.24, 2.45) is 0 Å². The van der Waals surface area contributed by atoms with Crippen LogP contribution in [0.2, 0.25) is 5.02 Å². The van der Waals surface area contributed by atoms with Crippen LogP contribution < -0.4 is 10.5 Å². The average Bonchev–Trinajstić information content (AvgIpc) is 3.10. The Morgan fingerprint density at radius 2 is 1.97 bits per heavy atom. The van der Waals surface area contributed by atoms with Crippen LogP contribution in [0.1, 0.15) is 37.3 Å². The van der Waals surface area contributed by atoms with Gasteiger partial charge in [0.15, 0.2) is 0 Å². The second kappa shape index (κ2) is 9.52. The van der Waals surface area contributed by atoms with Crippen LogP contribution in [-0.2, 0) is 11.3 Å². The molecule has 174 valence electrons. The zero-order chi connectivity index (χ0) is 23.8. The van der Waals surface area contributed by atoms with Crippen molar-refractivity contribution in [2.45, 2.75) is 38.8 Å². The molecule has 0 aliphatic carbocycles. The maximum absolute atomic E-state index is 13.6. The fraction of sp³-hybridized carbons (Fsp3) is 0.280. The van der Waals surface area contributed by atoms with Crippen LogP contribution in [0.4, 0.5) is 5.82 Å². The minimum absolute atomic E-state index is 0.199. The summed E-state index contributed by atoms with van der Waals surface area (Å²) < 4.78 is 1.96. The largest absolute Gasteiger partial charge is 0.353 e. The Balaban J connectivity index is 1.58. The molecule has 0 spiro atoms. The number of carbonyl (C=O) groups excluding carboxylic acids is 1.